The van der Waals surface area contributed by atoms with Gasteiger partial charge in [0.1, 0.15) is 18.1 Å². The number of aromatic nitrogens is 2. The molecule has 1 heterocycles. The Balaban J connectivity index is 1.67. The fourth-order valence-corrected chi connectivity index (χ4v) is 3.37. The predicted octanol–water partition coefficient (Wildman–Crippen LogP) is 6.43. The Bertz CT molecular complexity index is 1180. The molecule has 0 fully saturated rings. The first-order valence-corrected chi connectivity index (χ1v) is 10.0. The van der Waals surface area contributed by atoms with E-state index >= 15 is 0 Å². The lowest BCUT2D eigenvalue weighted by Crippen LogP contribution is -2.16. The summed E-state index contributed by atoms with van der Waals surface area (Å²) >= 11 is 0. The molecule has 0 aliphatic heterocycles. The van der Waals surface area contributed by atoms with Gasteiger partial charge in [-0.05, 0) is 36.3 Å². The molecule has 3 aromatic rings. The number of nitrogens with zero attached hydrogens (tertiary/aromatic N) is 2. The summed E-state index contributed by atoms with van der Waals surface area (Å²) in [6.07, 6.45) is 3.09. The molecule has 0 bridgehead atoms. The third kappa shape index (κ3) is 4.77. The van der Waals surface area contributed by atoms with Crippen molar-refractivity contribution in [3.05, 3.63) is 96.2 Å². The molecule has 0 unspecified atom stereocenters. The Morgan fingerprint density at radius 3 is 2.62 bits per heavy atom. The molecule has 0 N–H and O–H groups in total. The maximum Gasteiger partial charge on any atom is 0.418 e. The maximum absolute atomic E-state index is 13.6. The summed E-state index contributed by atoms with van der Waals surface area (Å²) in [5, 5.41) is 4.44. The molecule has 0 saturated carbocycles. The van der Waals surface area contributed by atoms with E-state index in [0.717, 1.165) is 11.6 Å². The van der Waals surface area contributed by atoms with Gasteiger partial charge in [-0.1, -0.05) is 48.6 Å². The van der Waals surface area contributed by atoms with Gasteiger partial charge in [0.15, 0.2) is 0 Å². The summed E-state index contributed by atoms with van der Waals surface area (Å²) in [5.74, 6) is 1.14. The molecule has 1 aliphatic carbocycles. The first-order chi connectivity index (χ1) is 15.5. The molecule has 32 heavy (non-hydrogen) atoms. The molecule has 0 amide bonds. The quantitative estimate of drug-likeness (QED) is 0.445. The van der Waals surface area contributed by atoms with E-state index in [1.165, 1.54) is 23.0 Å². The Morgan fingerprint density at radius 1 is 1.06 bits per heavy atom. The Hall–Kier alpha value is -3.74. The average Bonchev–Trinajstić information content (AvgIpc) is 3.13. The molecule has 0 atom stereocenters. The monoisotopic (exact) mass is 438 g/mol. The number of benzene rings is 2. The van der Waals surface area contributed by atoms with Crippen LogP contribution in [0.3, 0.4) is 0 Å². The molecular weight excluding hydrogens is 417 g/mol. The first-order valence-electron chi connectivity index (χ1n) is 10.0. The molecule has 7 heteroatoms. The van der Waals surface area contributed by atoms with Crippen molar-refractivity contribution >= 4 is 5.70 Å². The summed E-state index contributed by atoms with van der Waals surface area (Å²) in [7, 11) is 1.56. The van der Waals surface area contributed by atoms with Crippen LogP contribution in [-0.4, -0.2) is 23.1 Å². The molecule has 4 nitrogen and oxygen atoms in total. The second kappa shape index (κ2) is 9.18. The van der Waals surface area contributed by atoms with Gasteiger partial charge in [-0.15, -0.1) is 0 Å². The van der Waals surface area contributed by atoms with Crippen molar-refractivity contribution in [1.29, 1.82) is 0 Å². The lowest BCUT2D eigenvalue weighted by atomic mass is 10.1. The lowest BCUT2D eigenvalue weighted by Gasteiger charge is -2.15. The number of methoxy groups -OCH3 is 1. The maximum atomic E-state index is 13.6. The summed E-state index contributed by atoms with van der Waals surface area (Å²) in [5.41, 5.74) is 1.40. The zero-order valence-corrected chi connectivity index (χ0v) is 17.3. The Morgan fingerprint density at radius 2 is 1.88 bits per heavy atom. The zero-order valence-electron chi connectivity index (χ0n) is 17.3. The van der Waals surface area contributed by atoms with Crippen molar-refractivity contribution in [3.8, 4) is 22.8 Å². The number of hydrogen-bond acceptors (Lipinski definition) is 3. The minimum atomic E-state index is -4.49. The molecular formula is C25H21F3N2O2. The third-order valence-electron chi connectivity index (χ3n) is 4.97. The van der Waals surface area contributed by atoms with Crippen molar-refractivity contribution in [3.63, 3.8) is 0 Å². The van der Waals surface area contributed by atoms with Gasteiger partial charge < -0.3 is 9.47 Å². The predicted molar refractivity (Wildman–Crippen MR) is 117 cm³/mol. The van der Waals surface area contributed by atoms with Crippen molar-refractivity contribution in [2.24, 2.45) is 0 Å². The van der Waals surface area contributed by atoms with Crippen LogP contribution in [0.4, 0.5) is 13.2 Å². The van der Waals surface area contributed by atoms with Gasteiger partial charge >= 0.3 is 6.18 Å². The zero-order chi connectivity index (χ0) is 22.6. The van der Waals surface area contributed by atoms with Crippen LogP contribution in [0.15, 0.2) is 90.7 Å². The van der Waals surface area contributed by atoms with Crippen molar-refractivity contribution < 1.29 is 22.6 Å². The summed E-state index contributed by atoms with van der Waals surface area (Å²) < 4.78 is 53.3. The second-order valence-electron chi connectivity index (χ2n) is 7.11. The SMILES string of the molecule is COc1ccc(-c2ccn(C3=CCC=CC=C3C(F)(F)F)n2)c(OCc2ccccc2)c1. The largest absolute Gasteiger partial charge is 0.497 e. The average molecular weight is 438 g/mol. The third-order valence-corrected chi connectivity index (χ3v) is 4.97. The summed E-state index contributed by atoms with van der Waals surface area (Å²) in [6, 6.07) is 16.6. The van der Waals surface area contributed by atoms with Crippen molar-refractivity contribution in [2.45, 2.75) is 19.2 Å². The standard InChI is InChI=1S/C25H21F3N2O2/c1-31-19-12-13-20(24(16-19)32-17-18-8-4-2-5-9-18)22-14-15-30(29-22)23-11-7-3-6-10-21(23)25(26,27)28/h2-6,8-16H,7,17H2,1H3. The number of alkyl halides is 3. The van der Waals surface area contributed by atoms with Crippen LogP contribution in [0.5, 0.6) is 11.5 Å². The van der Waals surface area contributed by atoms with Gasteiger partial charge in [-0.3, -0.25) is 0 Å². The number of halogens is 3. The smallest absolute Gasteiger partial charge is 0.418 e. The minimum Gasteiger partial charge on any atom is -0.497 e. The Labute approximate surface area is 183 Å². The van der Waals surface area contributed by atoms with E-state index in [0.29, 0.717) is 35.8 Å². The fraction of sp³-hybridized carbons (Fsp3) is 0.160. The molecule has 1 aromatic heterocycles. The van der Waals surface area contributed by atoms with E-state index in [9.17, 15) is 13.2 Å². The second-order valence-corrected chi connectivity index (χ2v) is 7.11. The number of hydrogen-bond donors (Lipinski definition) is 0. The number of ether oxygens (including phenoxy) is 2. The van der Waals surface area contributed by atoms with Crippen LogP contribution in [0.25, 0.3) is 17.0 Å². The van der Waals surface area contributed by atoms with E-state index in [2.05, 4.69) is 5.10 Å². The highest BCUT2D eigenvalue weighted by atomic mass is 19.4. The molecule has 164 valence electrons. The van der Waals surface area contributed by atoms with Crippen LogP contribution in [0.2, 0.25) is 0 Å². The van der Waals surface area contributed by atoms with Crippen LogP contribution >= 0.6 is 0 Å². The molecule has 0 saturated heterocycles. The van der Waals surface area contributed by atoms with E-state index < -0.39 is 11.7 Å². The van der Waals surface area contributed by atoms with E-state index in [1.54, 1.807) is 37.5 Å². The molecule has 2 aromatic carbocycles. The van der Waals surface area contributed by atoms with E-state index in [-0.39, 0.29) is 5.70 Å². The normalized spacial score (nSPS) is 13.9. The molecule has 0 spiro atoms. The summed E-state index contributed by atoms with van der Waals surface area (Å²) in [6.45, 7) is 0.333. The van der Waals surface area contributed by atoms with Crippen LogP contribution < -0.4 is 9.47 Å². The molecule has 4 rings (SSSR count). The minimum absolute atomic E-state index is 0.00554. The lowest BCUT2D eigenvalue weighted by molar-refractivity contribution is -0.0875. The highest BCUT2D eigenvalue weighted by Crippen LogP contribution is 2.37. The molecule has 0 radical (unpaired) electrons. The highest BCUT2D eigenvalue weighted by Gasteiger charge is 2.37. The van der Waals surface area contributed by atoms with Gasteiger partial charge in [0.2, 0.25) is 0 Å². The fourth-order valence-electron chi connectivity index (χ4n) is 3.37. The van der Waals surface area contributed by atoms with Gasteiger partial charge in [-0.2, -0.15) is 18.3 Å². The van der Waals surface area contributed by atoms with Crippen molar-refractivity contribution in [2.75, 3.05) is 7.11 Å². The number of allylic oxidation sites excluding steroid dienone is 6. The van der Waals surface area contributed by atoms with Gasteiger partial charge in [0, 0.05) is 17.8 Å². The summed E-state index contributed by atoms with van der Waals surface area (Å²) in [4.78, 5) is 0. The van der Waals surface area contributed by atoms with Crippen LogP contribution in [-0.2, 0) is 6.61 Å². The topological polar surface area (TPSA) is 36.3 Å². The van der Waals surface area contributed by atoms with Crippen molar-refractivity contribution in [1.82, 2.24) is 9.78 Å². The molecule has 1 aliphatic rings. The van der Waals surface area contributed by atoms with Crippen LogP contribution in [0.1, 0.15) is 12.0 Å². The van der Waals surface area contributed by atoms with Crippen LogP contribution in [0, 0.1) is 0 Å². The first kappa shape index (κ1) is 21.5. The highest BCUT2D eigenvalue weighted by molar-refractivity contribution is 5.71. The number of rotatable bonds is 6. The van der Waals surface area contributed by atoms with E-state index in [1.807, 2.05) is 30.3 Å². The Kier molecular flexibility index (Phi) is 6.16. The van der Waals surface area contributed by atoms with E-state index in [4.69, 9.17) is 9.47 Å². The van der Waals surface area contributed by atoms with Gasteiger partial charge in [0.05, 0.1) is 24.1 Å². The van der Waals surface area contributed by atoms with Gasteiger partial charge in [0.25, 0.3) is 0 Å². The van der Waals surface area contributed by atoms with Gasteiger partial charge in [-0.25, -0.2) is 4.68 Å².